The van der Waals surface area contributed by atoms with Crippen LogP contribution in [0.25, 0.3) is 0 Å². The number of fused-ring (bicyclic) bond motifs is 1. The molecule has 0 aliphatic carbocycles. The third kappa shape index (κ3) is 2.91. The highest BCUT2D eigenvalue weighted by atomic mass is 79.9. The fraction of sp³-hybridized carbons (Fsp3) is 0.500. The van der Waals surface area contributed by atoms with Gasteiger partial charge in [-0.3, -0.25) is 0 Å². The van der Waals surface area contributed by atoms with Crippen molar-refractivity contribution in [2.75, 3.05) is 13.4 Å². The molecule has 0 fully saturated rings. The van der Waals surface area contributed by atoms with Crippen molar-refractivity contribution in [2.24, 2.45) is 0 Å². The van der Waals surface area contributed by atoms with Gasteiger partial charge in [0, 0.05) is 16.6 Å². The molecule has 94 valence electrons. The van der Waals surface area contributed by atoms with E-state index >= 15 is 0 Å². The highest BCUT2D eigenvalue weighted by Gasteiger charge is 2.19. The third-order valence-corrected chi connectivity index (χ3v) is 3.43. The molecule has 2 N–H and O–H groups in total. The first kappa shape index (κ1) is 12.7. The molecule has 4 nitrogen and oxygen atoms in total. The lowest BCUT2D eigenvalue weighted by atomic mass is 10.1. The van der Waals surface area contributed by atoms with Crippen LogP contribution in [0.2, 0.25) is 0 Å². The summed E-state index contributed by atoms with van der Waals surface area (Å²) in [6.07, 6.45) is 0. The monoisotopic (exact) mass is 301 g/mol. The number of rotatable bonds is 4. The molecule has 0 radical (unpaired) electrons. The molecule has 0 saturated heterocycles. The van der Waals surface area contributed by atoms with Gasteiger partial charge in [-0.15, -0.1) is 0 Å². The second-order valence-corrected chi connectivity index (χ2v) is 5.55. The van der Waals surface area contributed by atoms with Gasteiger partial charge in [-0.1, -0.05) is 15.9 Å². The maximum absolute atomic E-state index is 9.18. The van der Waals surface area contributed by atoms with Crippen LogP contribution in [0.1, 0.15) is 19.4 Å². The molecule has 1 aliphatic rings. The zero-order chi connectivity index (χ0) is 12.5. The van der Waals surface area contributed by atoms with E-state index in [1.54, 1.807) is 0 Å². The van der Waals surface area contributed by atoms with E-state index in [4.69, 9.17) is 9.47 Å². The average Bonchev–Trinajstić information content (AvgIpc) is 2.73. The molecule has 17 heavy (non-hydrogen) atoms. The van der Waals surface area contributed by atoms with E-state index in [9.17, 15) is 5.11 Å². The summed E-state index contributed by atoms with van der Waals surface area (Å²) in [6.45, 7) is 4.93. The van der Waals surface area contributed by atoms with Gasteiger partial charge >= 0.3 is 0 Å². The summed E-state index contributed by atoms with van der Waals surface area (Å²) in [5.41, 5.74) is 0.784. The van der Waals surface area contributed by atoms with Crippen molar-refractivity contribution in [1.82, 2.24) is 5.32 Å². The number of nitrogens with one attached hydrogen (secondary N) is 1. The molecule has 5 heteroatoms. The molecule has 2 rings (SSSR count). The normalized spacial score (nSPS) is 14.1. The lowest BCUT2D eigenvalue weighted by Gasteiger charge is -2.24. The predicted molar refractivity (Wildman–Crippen MR) is 68.3 cm³/mol. The first-order valence-corrected chi connectivity index (χ1v) is 6.25. The van der Waals surface area contributed by atoms with E-state index in [-0.39, 0.29) is 18.9 Å². The van der Waals surface area contributed by atoms with E-state index in [1.807, 2.05) is 26.0 Å². The van der Waals surface area contributed by atoms with Gasteiger partial charge in [-0.25, -0.2) is 0 Å². The summed E-state index contributed by atoms with van der Waals surface area (Å²) >= 11 is 3.50. The molecule has 0 atom stereocenters. The molecule has 0 spiro atoms. The highest BCUT2D eigenvalue weighted by Crippen LogP contribution is 2.36. The molecule has 0 bridgehead atoms. The summed E-state index contributed by atoms with van der Waals surface area (Å²) in [6, 6.07) is 3.86. The van der Waals surface area contributed by atoms with Crippen LogP contribution in [0.5, 0.6) is 11.5 Å². The minimum Gasteiger partial charge on any atom is -0.454 e. The third-order valence-electron chi connectivity index (χ3n) is 2.69. The predicted octanol–water partition coefficient (Wildman–Crippen LogP) is 2.04. The van der Waals surface area contributed by atoms with Crippen molar-refractivity contribution in [3.63, 3.8) is 0 Å². The Kier molecular flexibility index (Phi) is 3.61. The summed E-state index contributed by atoms with van der Waals surface area (Å²) in [4.78, 5) is 0. The first-order valence-electron chi connectivity index (χ1n) is 5.46. The number of aliphatic hydroxyl groups excluding tert-OH is 1. The van der Waals surface area contributed by atoms with Crippen LogP contribution in [0.15, 0.2) is 16.6 Å². The molecule has 1 aromatic rings. The van der Waals surface area contributed by atoms with Crippen LogP contribution < -0.4 is 14.8 Å². The second-order valence-electron chi connectivity index (χ2n) is 4.69. The molecular weight excluding hydrogens is 286 g/mol. The molecular formula is C12H16BrNO3. The molecule has 0 unspecified atom stereocenters. The van der Waals surface area contributed by atoms with Gasteiger partial charge < -0.3 is 19.9 Å². The van der Waals surface area contributed by atoms with Crippen LogP contribution in [0.3, 0.4) is 0 Å². The quantitative estimate of drug-likeness (QED) is 0.893. The Bertz CT molecular complexity index is 420. The van der Waals surface area contributed by atoms with Crippen molar-refractivity contribution in [1.29, 1.82) is 0 Å². The van der Waals surface area contributed by atoms with Gasteiger partial charge in [-0.05, 0) is 31.5 Å². The van der Waals surface area contributed by atoms with Gasteiger partial charge in [0.2, 0.25) is 6.79 Å². The molecule has 0 aromatic heterocycles. The number of ether oxygens (including phenoxy) is 2. The summed E-state index contributed by atoms with van der Waals surface area (Å²) in [5, 5.41) is 12.5. The highest BCUT2D eigenvalue weighted by molar-refractivity contribution is 9.10. The zero-order valence-corrected chi connectivity index (χ0v) is 11.5. The number of hydrogen-bond donors (Lipinski definition) is 2. The van der Waals surface area contributed by atoms with Gasteiger partial charge in [-0.2, -0.15) is 0 Å². The van der Waals surface area contributed by atoms with Gasteiger partial charge in [0.05, 0.1) is 6.61 Å². The number of benzene rings is 1. The van der Waals surface area contributed by atoms with Gasteiger partial charge in [0.1, 0.15) is 0 Å². The molecule has 0 saturated carbocycles. The lowest BCUT2D eigenvalue weighted by molar-refractivity contribution is 0.174. The van der Waals surface area contributed by atoms with Crippen molar-refractivity contribution in [3.8, 4) is 11.5 Å². The maximum Gasteiger partial charge on any atom is 0.231 e. The topological polar surface area (TPSA) is 50.7 Å². The minimum absolute atomic E-state index is 0.0924. The lowest BCUT2D eigenvalue weighted by Crippen LogP contribution is -2.42. The van der Waals surface area contributed by atoms with Crippen LogP contribution >= 0.6 is 15.9 Å². The van der Waals surface area contributed by atoms with E-state index in [0.717, 1.165) is 21.5 Å². The van der Waals surface area contributed by atoms with Gasteiger partial charge in [0.15, 0.2) is 11.5 Å². The van der Waals surface area contributed by atoms with E-state index in [1.165, 1.54) is 0 Å². The Hall–Kier alpha value is -0.780. The van der Waals surface area contributed by atoms with Crippen molar-refractivity contribution in [2.45, 2.75) is 25.9 Å². The smallest absolute Gasteiger partial charge is 0.231 e. The van der Waals surface area contributed by atoms with E-state index < -0.39 is 0 Å². The average molecular weight is 302 g/mol. The number of aliphatic hydroxyl groups is 1. The van der Waals surface area contributed by atoms with E-state index in [0.29, 0.717) is 6.54 Å². The summed E-state index contributed by atoms with van der Waals surface area (Å²) in [7, 11) is 0. The van der Waals surface area contributed by atoms with Crippen molar-refractivity contribution >= 4 is 15.9 Å². The molecule has 1 heterocycles. The number of hydrogen-bond acceptors (Lipinski definition) is 4. The Labute approximate surface area is 109 Å². The molecule has 1 aliphatic heterocycles. The standard InChI is InChI=1S/C12H16BrNO3/c1-12(2,6-15)14-5-8-3-10-11(4-9(8)13)17-7-16-10/h3-4,14-15H,5-7H2,1-2H3. The Morgan fingerprint density at radius 2 is 2.00 bits per heavy atom. The SMILES string of the molecule is CC(C)(CO)NCc1cc2c(cc1Br)OCO2. The largest absolute Gasteiger partial charge is 0.454 e. The fourth-order valence-corrected chi connectivity index (χ4v) is 1.95. The van der Waals surface area contributed by atoms with Crippen molar-refractivity contribution in [3.05, 3.63) is 22.2 Å². The maximum atomic E-state index is 9.18. The second kappa shape index (κ2) is 4.84. The minimum atomic E-state index is -0.296. The molecule has 0 amide bonds. The summed E-state index contributed by atoms with van der Waals surface area (Å²) in [5.74, 6) is 1.54. The Morgan fingerprint density at radius 3 is 2.65 bits per heavy atom. The number of halogens is 1. The first-order chi connectivity index (χ1) is 8.02. The van der Waals surface area contributed by atoms with Gasteiger partial charge in [0.25, 0.3) is 0 Å². The Balaban J connectivity index is 2.11. The van der Waals surface area contributed by atoms with Crippen LogP contribution in [0, 0.1) is 0 Å². The van der Waals surface area contributed by atoms with Crippen molar-refractivity contribution < 1.29 is 14.6 Å². The fourth-order valence-electron chi connectivity index (χ4n) is 1.49. The van der Waals surface area contributed by atoms with Crippen LogP contribution in [0.4, 0.5) is 0 Å². The van der Waals surface area contributed by atoms with Crippen LogP contribution in [-0.4, -0.2) is 24.0 Å². The zero-order valence-electron chi connectivity index (χ0n) is 9.92. The summed E-state index contributed by atoms with van der Waals surface area (Å²) < 4.78 is 11.6. The Morgan fingerprint density at radius 1 is 1.35 bits per heavy atom. The van der Waals surface area contributed by atoms with E-state index in [2.05, 4.69) is 21.2 Å². The van der Waals surface area contributed by atoms with Crippen LogP contribution in [-0.2, 0) is 6.54 Å². The molecule has 1 aromatic carbocycles.